The highest BCUT2D eigenvalue weighted by Crippen LogP contribution is 2.49. The molecule has 1 unspecified atom stereocenters. The van der Waals surface area contributed by atoms with Crippen LogP contribution >= 0.6 is 15.9 Å². The molecule has 0 heterocycles. The van der Waals surface area contributed by atoms with Crippen molar-refractivity contribution in [2.24, 2.45) is 0 Å². The van der Waals surface area contributed by atoms with Crippen LogP contribution in [0.1, 0.15) is 60.4 Å². The highest BCUT2D eigenvalue weighted by Gasteiger charge is 2.25. The summed E-state index contributed by atoms with van der Waals surface area (Å²) in [6.07, 6.45) is 0.522. The molecular weight excluding hydrogens is 905 g/mol. The number of benzene rings is 9. The predicted octanol–water partition coefficient (Wildman–Crippen LogP) is 15.3. The topological polar surface area (TPSA) is 129 Å². The molecule has 1 atom stereocenters. The number of ether oxygens (including phenoxy) is 3. The smallest absolute Gasteiger partial charge is 0.200 e. The van der Waals surface area contributed by atoms with Crippen LogP contribution in [-0.4, -0.2) is 39.8 Å². The van der Waals surface area contributed by atoms with E-state index in [0.717, 1.165) is 75.9 Å². The molecule has 9 aromatic rings. The Morgan fingerprint density at radius 1 is 0.493 bits per heavy atom. The highest BCUT2D eigenvalue weighted by atomic mass is 79.9. The number of halogens is 1. The van der Waals surface area contributed by atoms with Crippen molar-refractivity contribution in [1.29, 1.82) is 0 Å². The quantitative estimate of drug-likeness (QED) is 0.0867. The van der Waals surface area contributed by atoms with Crippen LogP contribution in [-0.2, 0) is 6.42 Å². The summed E-state index contributed by atoms with van der Waals surface area (Å²) < 4.78 is 19.0. The number of aryl methyl sites for hydroxylation is 2. The molecule has 5 N–H and O–H groups in total. The minimum atomic E-state index is -0.200. The van der Waals surface area contributed by atoms with Crippen LogP contribution in [0.2, 0.25) is 0 Å². The first-order chi connectivity index (χ1) is 32.1. The molecule has 0 aliphatic carbocycles. The van der Waals surface area contributed by atoms with E-state index in [-0.39, 0.29) is 52.1 Å². The first kappa shape index (κ1) is 44.8. The lowest BCUT2D eigenvalue weighted by atomic mass is 9.84. The molecule has 67 heavy (non-hydrogen) atoms. The molecule has 0 aliphatic heterocycles. The van der Waals surface area contributed by atoms with Crippen molar-refractivity contribution in [1.82, 2.24) is 0 Å². The number of phenols is 5. The number of phenolic OH excluding ortho intramolecular Hbond substituents is 5. The zero-order valence-electron chi connectivity index (χ0n) is 38.3. The molecule has 9 rings (SSSR count). The van der Waals surface area contributed by atoms with Crippen molar-refractivity contribution in [3.63, 3.8) is 0 Å². The molecular formula is C58H51BrO8. The van der Waals surface area contributed by atoms with Gasteiger partial charge in [0.15, 0.2) is 11.5 Å². The first-order valence-electron chi connectivity index (χ1n) is 22.2. The summed E-state index contributed by atoms with van der Waals surface area (Å²) in [5.41, 5.74) is 8.33. The molecule has 0 fully saturated rings. The number of hydrogen-bond acceptors (Lipinski definition) is 8. The Balaban J connectivity index is 1.22. The third kappa shape index (κ3) is 8.18. The van der Waals surface area contributed by atoms with E-state index in [4.69, 9.17) is 14.2 Å². The summed E-state index contributed by atoms with van der Waals surface area (Å²) in [5, 5.41) is 61.9. The zero-order valence-corrected chi connectivity index (χ0v) is 39.9. The van der Waals surface area contributed by atoms with Crippen molar-refractivity contribution in [3.8, 4) is 85.1 Å². The predicted molar refractivity (Wildman–Crippen MR) is 273 cm³/mol. The maximum Gasteiger partial charge on any atom is 0.200 e. The van der Waals surface area contributed by atoms with Gasteiger partial charge < -0.3 is 39.7 Å². The third-order valence-corrected chi connectivity index (χ3v) is 13.4. The molecule has 0 amide bonds. The second kappa shape index (κ2) is 17.8. The Morgan fingerprint density at radius 3 is 1.73 bits per heavy atom. The molecule has 8 nitrogen and oxygen atoms in total. The van der Waals surface area contributed by atoms with Gasteiger partial charge in [0, 0.05) is 21.2 Å². The van der Waals surface area contributed by atoms with Gasteiger partial charge in [-0.15, -0.1) is 0 Å². The molecule has 338 valence electrons. The molecule has 9 aromatic carbocycles. The van der Waals surface area contributed by atoms with Gasteiger partial charge in [0.2, 0.25) is 5.75 Å². The van der Waals surface area contributed by atoms with E-state index < -0.39 is 0 Å². The Morgan fingerprint density at radius 2 is 1.07 bits per heavy atom. The third-order valence-electron chi connectivity index (χ3n) is 12.9. The average molecular weight is 956 g/mol. The summed E-state index contributed by atoms with van der Waals surface area (Å²) in [5.74, 6) is 1.78. The lowest BCUT2D eigenvalue weighted by Gasteiger charge is -2.23. The number of aromatic hydroxyl groups is 5. The second-order valence-electron chi connectivity index (χ2n) is 17.7. The van der Waals surface area contributed by atoms with E-state index in [1.807, 2.05) is 98.8 Å². The fourth-order valence-corrected chi connectivity index (χ4v) is 9.94. The normalized spacial score (nSPS) is 12.0. The number of methoxy groups -OCH3 is 2. The minimum Gasteiger partial charge on any atom is -0.507 e. The van der Waals surface area contributed by atoms with E-state index in [0.29, 0.717) is 40.0 Å². The van der Waals surface area contributed by atoms with Crippen molar-refractivity contribution in [3.05, 3.63) is 160 Å². The summed E-state index contributed by atoms with van der Waals surface area (Å²) in [6, 6.07) is 40.4. The van der Waals surface area contributed by atoms with Crippen molar-refractivity contribution in [2.45, 2.75) is 52.9 Å². The molecule has 0 saturated heterocycles. The summed E-state index contributed by atoms with van der Waals surface area (Å²) in [7, 11) is 2.92. The molecule has 9 heteroatoms. The molecule has 0 aliphatic rings. The van der Waals surface area contributed by atoms with Crippen molar-refractivity contribution >= 4 is 48.2 Å². The van der Waals surface area contributed by atoms with Crippen LogP contribution in [0.15, 0.2) is 132 Å². The summed E-state index contributed by atoms with van der Waals surface area (Å²) in [4.78, 5) is 0. The van der Waals surface area contributed by atoms with Gasteiger partial charge in [-0.2, -0.15) is 0 Å². The van der Waals surface area contributed by atoms with E-state index in [2.05, 4.69) is 54.9 Å². The van der Waals surface area contributed by atoms with Crippen molar-refractivity contribution < 1.29 is 39.7 Å². The Kier molecular flexibility index (Phi) is 11.9. The fourth-order valence-electron chi connectivity index (χ4n) is 9.56. The monoisotopic (exact) mass is 954 g/mol. The van der Waals surface area contributed by atoms with Gasteiger partial charge in [-0.25, -0.2) is 0 Å². The molecule has 0 radical (unpaired) electrons. The zero-order chi connectivity index (χ0) is 47.4. The molecule has 0 spiro atoms. The SMILES string of the molecule is COc1cc(-c2c(O)ccc3ccc(Oc4cc(CC(C)c5cc(-c6c(O)ccc7cc(Br)ccc67)cc(C(C)C)c5O)c5ccccc5c4-c4cc(C)c(O)c(C)c4)cc23)cc(OC)c1O. The van der Waals surface area contributed by atoms with E-state index in [9.17, 15) is 25.5 Å². The summed E-state index contributed by atoms with van der Waals surface area (Å²) in [6.45, 7) is 10.0. The van der Waals surface area contributed by atoms with Crippen molar-refractivity contribution in [2.75, 3.05) is 14.2 Å². The molecule has 0 saturated carbocycles. The van der Waals surface area contributed by atoms with Crippen LogP contribution in [0.5, 0.6) is 51.7 Å². The Labute approximate surface area is 398 Å². The first-order valence-corrected chi connectivity index (χ1v) is 23.0. The maximum atomic E-state index is 12.1. The highest BCUT2D eigenvalue weighted by molar-refractivity contribution is 9.10. The van der Waals surface area contributed by atoms with Crippen LogP contribution in [0.25, 0.3) is 65.7 Å². The fraction of sp³-hybridized carbons (Fsp3) is 0.172. The lowest BCUT2D eigenvalue weighted by Crippen LogP contribution is -2.04. The maximum absolute atomic E-state index is 12.1. The van der Waals surface area contributed by atoms with Gasteiger partial charge in [-0.05, 0) is 188 Å². The average Bonchev–Trinajstić information content (AvgIpc) is 3.31. The largest absolute Gasteiger partial charge is 0.507 e. The van der Waals surface area contributed by atoms with Gasteiger partial charge in [0.25, 0.3) is 0 Å². The van der Waals surface area contributed by atoms with E-state index in [1.54, 1.807) is 24.3 Å². The van der Waals surface area contributed by atoms with E-state index >= 15 is 0 Å². The van der Waals surface area contributed by atoms with Crippen LogP contribution in [0.4, 0.5) is 0 Å². The van der Waals surface area contributed by atoms with Gasteiger partial charge >= 0.3 is 0 Å². The van der Waals surface area contributed by atoms with Gasteiger partial charge in [0.1, 0.15) is 34.5 Å². The van der Waals surface area contributed by atoms with Crippen LogP contribution in [0, 0.1) is 13.8 Å². The van der Waals surface area contributed by atoms with Gasteiger partial charge in [0.05, 0.1) is 14.2 Å². The Hall–Kier alpha value is -7.36. The summed E-state index contributed by atoms with van der Waals surface area (Å²) >= 11 is 3.60. The standard InChI is InChI=1S/C58H51BrO8/c1-30(2)45-24-38(53-43-17-15-40(59)23-35(43)14-19-48(53)60)25-46(57(45)63)31(3)20-36-26-50(55(44-11-9-8-10-42(36)44)37-21-32(4)56(62)33(5)22-37)67-41-16-12-34-13-18-49(61)54(47(34)29-41)39-27-51(65-6)58(64)52(28-39)66-7/h8-19,21-31,60-64H,20H2,1-7H3. The van der Waals surface area contributed by atoms with Gasteiger partial charge in [-0.1, -0.05) is 85.2 Å². The number of rotatable bonds is 11. The second-order valence-corrected chi connectivity index (χ2v) is 18.6. The Bertz CT molecular complexity index is 3380. The molecule has 0 aromatic heterocycles. The van der Waals surface area contributed by atoms with Gasteiger partial charge in [-0.3, -0.25) is 0 Å². The van der Waals surface area contributed by atoms with Crippen LogP contribution < -0.4 is 14.2 Å². The number of hydrogen-bond donors (Lipinski definition) is 5. The van der Waals surface area contributed by atoms with E-state index in [1.165, 1.54) is 14.2 Å². The molecule has 0 bridgehead atoms. The van der Waals surface area contributed by atoms with Crippen LogP contribution in [0.3, 0.4) is 0 Å². The lowest BCUT2D eigenvalue weighted by molar-refractivity contribution is 0.340. The minimum absolute atomic E-state index is 0.00279. The number of fused-ring (bicyclic) bond motifs is 3.